The summed E-state index contributed by atoms with van der Waals surface area (Å²) < 4.78 is 52.1. The van der Waals surface area contributed by atoms with Crippen LogP contribution in [0, 0.1) is 5.82 Å². The number of amides is 1. The van der Waals surface area contributed by atoms with Gasteiger partial charge in [-0.15, -0.1) is 0 Å². The lowest BCUT2D eigenvalue weighted by atomic mass is 10.1. The van der Waals surface area contributed by atoms with Crippen molar-refractivity contribution in [2.75, 3.05) is 6.67 Å². The van der Waals surface area contributed by atoms with E-state index in [-0.39, 0.29) is 4.90 Å². The third-order valence-electron chi connectivity index (χ3n) is 2.44. The second kappa shape index (κ2) is 5.46. The maximum Gasteiger partial charge on any atom is 0.356 e. The van der Waals surface area contributed by atoms with Gasteiger partial charge in [0.15, 0.2) is 6.67 Å². The van der Waals surface area contributed by atoms with Crippen molar-refractivity contribution in [3.05, 3.63) is 29.6 Å². The summed E-state index contributed by atoms with van der Waals surface area (Å²) in [6.45, 7) is 0.461. The fourth-order valence-corrected chi connectivity index (χ4v) is 1.63. The van der Waals surface area contributed by atoms with E-state index in [2.05, 4.69) is 0 Å². The minimum atomic E-state index is -4.02. The van der Waals surface area contributed by atoms with Crippen molar-refractivity contribution in [1.82, 2.24) is 4.90 Å². The van der Waals surface area contributed by atoms with E-state index < -0.39 is 41.8 Å². The number of carbonyl (C=O) groups is 1. The van der Waals surface area contributed by atoms with Crippen molar-refractivity contribution in [1.29, 1.82) is 0 Å². The van der Waals surface area contributed by atoms with E-state index in [0.717, 1.165) is 12.1 Å². The smallest absolute Gasteiger partial charge is 0.356 e. The van der Waals surface area contributed by atoms with Crippen molar-refractivity contribution >= 4 is 5.91 Å². The topological polar surface area (TPSA) is 40.5 Å². The summed E-state index contributed by atoms with van der Waals surface area (Å²) in [5.41, 5.74) is -0.637. The quantitative estimate of drug-likeness (QED) is 0.680. The number of nitrogens with zero attached hydrogens (tertiary/aromatic N) is 1. The van der Waals surface area contributed by atoms with Gasteiger partial charge in [-0.05, 0) is 32.0 Å². The zero-order valence-corrected chi connectivity index (χ0v) is 10.3. The first kappa shape index (κ1) is 15.3. The molecule has 0 saturated heterocycles. The third kappa shape index (κ3) is 3.15. The van der Waals surface area contributed by atoms with Gasteiger partial charge in [-0.25, -0.2) is 8.78 Å². The van der Waals surface area contributed by atoms with Crippen molar-refractivity contribution in [3.8, 4) is 5.75 Å². The molecule has 1 rings (SSSR count). The predicted octanol–water partition coefficient (Wildman–Crippen LogP) is 2.94. The molecular formula is C12H13F4NO2. The molecule has 7 heteroatoms. The number of alkyl halides is 3. The summed E-state index contributed by atoms with van der Waals surface area (Å²) >= 11 is 0. The van der Waals surface area contributed by atoms with Crippen LogP contribution in [0.4, 0.5) is 17.6 Å². The number of phenolic OH excluding ortho intramolecular Hbond substituents is 1. The lowest BCUT2D eigenvalue weighted by molar-refractivity contribution is -0.147. The Hall–Kier alpha value is -1.79. The van der Waals surface area contributed by atoms with Gasteiger partial charge in [0, 0.05) is 6.04 Å². The molecule has 0 aliphatic carbocycles. The molecule has 0 aromatic heterocycles. The van der Waals surface area contributed by atoms with Crippen LogP contribution in [0.1, 0.15) is 24.2 Å². The lowest BCUT2D eigenvalue weighted by Gasteiger charge is -2.32. The molecule has 3 nitrogen and oxygen atoms in total. The monoisotopic (exact) mass is 279 g/mol. The van der Waals surface area contributed by atoms with Gasteiger partial charge in [0.05, 0.1) is 5.56 Å². The average Bonchev–Trinajstić information content (AvgIpc) is 2.31. The standard InChI is InChI=1S/C12H13F4NO2/c1-7(2)17(12(15,16)6-13)11(19)9-5-8(14)3-4-10(9)18/h3-5,7,18H,6H2,1-2H3. The van der Waals surface area contributed by atoms with Gasteiger partial charge < -0.3 is 5.11 Å². The van der Waals surface area contributed by atoms with Crippen LogP contribution in [0.25, 0.3) is 0 Å². The van der Waals surface area contributed by atoms with Crippen LogP contribution in [0.15, 0.2) is 18.2 Å². The van der Waals surface area contributed by atoms with E-state index in [1.807, 2.05) is 0 Å². The van der Waals surface area contributed by atoms with E-state index in [0.29, 0.717) is 6.07 Å². The van der Waals surface area contributed by atoms with E-state index >= 15 is 0 Å². The van der Waals surface area contributed by atoms with Crippen molar-refractivity contribution in [3.63, 3.8) is 0 Å². The van der Waals surface area contributed by atoms with Crippen molar-refractivity contribution in [2.24, 2.45) is 0 Å². The highest BCUT2D eigenvalue weighted by molar-refractivity contribution is 5.97. The van der Waals surface area contributed by atoms with Gasteiger partial charge in [0.25, 0.3) is 5.91 Å². The van der Waals surface area contributed by atoms with Gasteiger partial charge >= 0.3 is 6.05 Å². The largest absolute Gasteiger partial charge is 0.507 e. The number of carbonyl (C=O) groups excluding carboxylic acids is 1. The van der Waals surface area contributed by atoms with E-state index in [1.165, 1.54) is 13.8 Å². The molecular weight excluding hydrogens is 266 g/mol. The van der Waals surface area contributed by atoms with Gasteiger partial charge in [-0.1, -0.05) is 0 Å². The zero-order chi connectivity index (χ0) is 14.8. The first-order chi connectivity index (χ1) is 8.70. The number of phenols is 1. The second-order valence-corrected chi connectivity index (χ2v) is 4.23. The molecule has 0 fully saturated rings. The molecule has 19 heavy (non-hydrogen) atoms. The van der Waals surface area contributed by atoms with Gasteiger partial charge in [0.2, 0.25) is 0 Å². The van der Waals surface area contributed by atoms with Crippen LogP contribution in [0.5, 0.6) is 5.75 Å². The van der Waals surface area contributed by atoms with Crippen molar-refractivity contribution < 1.29 is 27.5 Å². The van der Waals surface area contributed by atoms with E-state index in [1.54, 1.807) is 0 Å². The summed E-state index contributed by atoms with van der Waals surface area (Å²) in [4.78, 5) is 11.9. The predicted molar refractivity (Wildman–Crippen MR) is 60.3 cm³/mol. The first-order valence-corrected chi connectivity index (χ1v) is 5.46. The Morgan fingerprint density at radius 2 is 2.00 bits per heavy atom. The van der Waals surface area contributed by atoms with Crippen LogP contribution < -0.4 is 0 Å². The Labute approximate surface area is 107 Å². The zero-order valence-electron chi connectivity index (χ0n) is 10.3. The minimum absolute atomic E-state index is 0.0263. The Morgan fingerprint density at radius 1 is 1.42 bits per heavy atom. The summed E-state index contributed by atoms with van der Waals surface area (Å²) in [6, 6.07) is -2.68. The molecule has 0 unspecified atom stereocenters. The molecule has 0 aliphatic heterocycles. The molecule has 1 amide bonds. The highest BCUT2D eigenvalue weighted by Crippen LogP contribution is 2.28. The van der Waals surface area contributed by atoms with Crippen LogP contribution in [0.2, 0.25) is 0 Å². The Bertz CT molecular complexity index is 477. The molecule has 0 aliphatic rings. The molecule has 1 aromatic rings. The Kier molecular flexibility index (Phi) is 4.39. The normalized spacial score (nSPS) is 11.7. The van der Waals surface area contributed by atoms with Crippen molar-refractivity contribution in [2.45, 2.75) is 25.9 Å². The number of hydrogen-bond acceptors (Lipinski definition) is 2. The van der Waals surface area contributed by atoms with Gasteiger partial charge in [0.1, 0.15) is 11.6 Å². The molecule has 1 aromatic carbocycles. The Balaban J connectivity index is 3.24. The number of rotatable bonds is 4. The number of aromatic hydroxyl groups is 1. The maximum atomic E-state index is 13.4. The molecule has 0 spiro atoms. The Morgan fingerprint density at radius 3 is 2.47 bits per heavy atom. The molecule has 106 valence electrons. The minimum Gasteiger partial charge on any atom is -0.507 e. The highest BCUT2D eigenvalue weighted by Gasteiger charge is 2.43. The first-order valence-electron chi connectivity index (χ1n) is 5.46. The molecule has 0 bridgehead atoms. The molecule has 0 atom stereocenters. The molecule has 1 N–H and O–H groups in total. The van der Waals surface area contributed by atoms with Crippen LogP contribution in [-0.4, -0.2) is 34.7 Å². The lowest BCUT2D eigenvalue weighted by Crippen LogP contribution is -2.51. The van der Waals surface area contributed by atoms with Crippen LogP contribution >= 0.6 is 0 Å². The number of hydrogen-bond donors (Lipinski definition) is 1. The SMILES string of the molecule is CC(C)N(C(=O)c1cc(F)ccc1O)C(F)(F)CF. The van der Waals surface area contributed by atoms with Gasteiger partial charge in [-0.2, -0.15) is 8.78 Å². The summed E-state index contributed by atoms with van der Waals surface area (Å²) in [5.74, 6) is -2.85. The van der Waals surface area contributed by atoms with Gasteiger partial charge in [-0.3, -0.25) is 9.69 Å². The molecule has 0 saturated carbocycles. The van der Waals surface area contributed by atoms with Crippen LogP contribution in [-0.2, 0) is 0 Å². The van der Waals surface area contributed by atoms with E-state index in [4.69, 9.17) is 0 Å². The summed E-state index contributed by atoms with van der Waals surface area (Å²) in [7, 11) is 0. The average molecular weight is 279 g/mol. The molecule has 0 radical (unpaired) electrons. The fourth-order valence-electron chi connectivity index (χ4n) is 1.63. The summed E-state index contributed by atoms with van der Waals surface area (Å²) in [5, 5.41) is 9.42. The second-order valence-electron chi connectivity index (χ2n) is 4.23. The fraction of sp³-hybridized carbons (Fsp3) is 0.417. The van der Waals surface area contributed by atoms with Crippen LogP contribution in [0.3, 0.4) is 0 Å². The molecule has 0 heterocycles. The highest BCUT2D eigenvalue weighted by atomic mass is 19.3. The van der Waals surface area contributed by atoms with E-state index in [9.17, 15) is 27.5 Å². The number of benzene rings is 1. The number of halogens is 4. The summed E-state index contributed by atoms with van der Waals surface area (Å²) in [6.07, 6.45) is 0. The maximum absolute atomic E-state index is 13.4. The third-order valence-corrected chi connectivity index (χ3v) is 2.44.